The average Bonchev–Trinajstić information content (AvgIpc) is 2.82. The molecule has 0 fully saturated rings. The fraction of sp³-hybridized carbons (Fsp3) is 0.154. The number of nitrogens with zero attached hydrogens (tertiary/aromatic N) is 1. The van der Waals surface area contributed by atoms with E-state index in [4.69, 9.17) is 5.11 Å². The van der Waals surface area contributed by atoms with E-state index >= 15 is 0 Å². The molecule has 0 saturated carbocycles. The first-order valence-corrected chi connectivity index (χ1v) is 6.53. The van der Waals surface area contributed by atoms with Crippen LogP contribution in [-0.4, -0.2) is 29.1 Å². The second kappa shape index (κ2) is 6.16. The Morgan fingerprint density at radius 1 is 1.35 bits per heavy atom. The van der Waals surface area contributed by atoms with Gasteiger partial charge in [0.2, 0.25) is 0 Å². The van der Waals surface area contributed by atoms with E-state index in [1.807, 2.05) is 30.3 Å². The van der Waals surface area contributed by atoms with Gasteiger partial charge >= 0.3 is 11.9 Å². The highest BCUT2D eigenvalue weighted by atomic mass is 32.1. The van der Waals surface area contributed by atoms with E-state index in [0.717, 1.165) is 17.0 Å². The first-order chi connectivity index (χ1) is 9.60. The molecule has 2 rings (SSSR count). The van der Waals surface area contributed by atoms with Crippen molar-refractivity contribution < 1.29 is 19.4 Å². The van der Waals surface area contributed by atoms with E-state index in [1.54, 1.807) is 0 Å². The Hall–Kier alpha value is -2.41. The van der Waals surface area contributed by atoms with Crippen LogP contribution in [0.4, 0.5) is 10.8 Å². The van der Waals surface area contributed by atoms with Crippen molar-refractivity contribution >= 4 is 34.1 Å². The minimum atomic E-state index is -1.11. The number of para-hydroxylation sites is 1. The van der Waals surface area contributed by atoms with Crippen molar-refractivity contribution in [1.29, 1.82) is 0 Å². The van der Waals surface area contributed by atoms with Crippen LogP contribution in [0.2, 0.25) is 0 Å². The fourth-order valence-electron chi connectivity index (χ4n) is 1.55. The van der Waals surface area contributed by atoms with Crippen LogP contribution in [0.5, 0.6) is 0 Å². The van der Waals surface area contributed by atoms with Gasteiger partial charge in [0.05, 0.1) is 19.2 Å². The highest BCUT2D eigenvalue weighted by Gasteiger charge is 2.20. The summed E-state index contributed by atoms with van der Waals surface area (Å²) < 4.78 is 4.53. The standard InChI is InChI=1S/C13H12N2O4S/c1-19-10(16)7-9-11(12(17)18)20-13(15-9)14-8-5-3-2-4-6-8/h2-6H,7H2,1H3,(H,14,15)(H,17,18). The number of ether oxygens (including phenoxy) is 1. The van der Waals surface area contributed by atoms with Gasteiger partial charge in [-0.25, -0.2) is 9.78 Å². The molecule has 6 nitrogen and oxygen atoms in total. The maximum Gasteiger partial charge on any atom is 0.347 e. The summed E-state index contributed by atoms with van der Waals surface area (Å²) in [4.78, 5) is 26.6. The molecule has 2 N–H and O–H groups in total. The summed E-state index contributed by atoms with van der Waals surface area (Å²) in [5, 5.41) is 12.5. The largest absolute Gasteiger partial charge is 0.477 e. The van der Waals surface area contributed by atoms with E-state index in [9.17, 15) is 9.59 Å². The number of methoxy groups -OCH3 is 1. The van der Waals surface area contributed by atoms with Crippen molar-refractivity contribution in [3.8, 4) is 0 Å². The lowest BCUT2D eigenvalue weighted by Crippen LogP contribution is -2.08. The molecule has 2 aromatic rings. The van der Waals surface area contributed by atoms with Crippen LogP contribution in [0, 0.1) is 0 Å². The van der Waals surface area contributed by atoms with Crippen LogP contribution in [0.25, 0.3) is 0 Å². The highest BCUT2D eigenvalue weighted by molar-refractivity contribution is 7.17. The van der Waals surface area contributed by atoms with Crippen molar-refractivity contribution in [2.75, 3.05) is 12.4 Å². The SMILES string of the molecule is COC(=O)Cc1nc(Nc2ccccc2)sc1C(=O)O. The van der Waals surface area contributed by atoms with E-state index in [-0.39, 0.29) is 17.0 Å². The Labute approximate surface area is 119 Å². The fourth-order valence-corrected chi connectivity index (χ4v) is 2.39. The van der Waals surface area contributed by atoms with Gasteiger partial charge in [-0.3, -0.25) is 4.79 Å². The smallest absolute Gasteiger partial charge is 0.347 e. The van der Waals surface area contributed by atoms with E-state index in [0.29, 0.717) is 5.13 Å². The highest BCUT2D eigenvalue weighted by Crippen LogP contribution is 2.26. The van der Waals surface area contributed by atoms with E-state index in [1.165, 1.54) is 7.11 Å². The Balaban J connectivity index is 2.25. The minimum absolute atomic E-state index is 0.0360. The second-order valence-corrected chi connectivity index (χ2v) is 4.84. The number of benzene rings is 1. The molecule has 0 unspecified atom stereocenters. The van der Waals surface area contributed by atoms with Crippen molar-refractivity contribution in [1.82, 2.24) is 4.98 Å². The van der Waals surface area contributed by atoms with Crippen LogP contribution >= 0.6 is 11.3 Å². The molecule has 104 valence electrons. The number of carbonyl (C=O) groups excluding carboxylic acids is 1. The van der Waals surface area contributed by atoms with E-state index in [2.05, 4.69) is 15.0 Å². The van der Waals surface area contributed by atoms with Crippen LogP contribution in [0.3, 0.4) is 0 Å². The van der Waals surface area contributed by atoms with Crippen LogP contribution in [-0.2, 0) is 16.0 Å². The maximum absolute atomic E-state index is 11.3. The normalized spacial score (nSPS) is 10.1. The number of thiazole rings is 1. The van der Waals surface area contributed by atoms with Gasteiger partial charge in [0, 0.05) is 5.69 Å². The molecule has 0 radical (unpaired) electrons. The third-order valence-electron chi connectivity index (χ3n) is 2.46. The molecule has 20 heavy (non-hydrogen) atoms. The van der Waals surface area contributed by atoms with Crippen LogP contribution in [0.15, 0.2) is 30.3 Å². The Morgan fingerprint density at radius 3 is 2.65 bits per heavy atom. The Kier molecular flexibility index (Phi) is 4.31. The molecule has 0 saturated heterocycles. The first kappa shape index (κ1) is 14.0. The molecule has 0 spiro atoms. The summed E-state index contributed by atoms with van der Waals surface area (Å²) >= 11 is 0.985. The molecule has 0 aliphatic heterocycles. The molecule has 1 heterocycles. The second-order valence-electron chi connectivity index (χ2n) is 3.84. The third kappa shape index (κ3) is 3.33. The molecule has 1 aromatic carbocycles. The van der Waals surface area contributed by atoms with E-state index < -0.39 is 11.9 Å². The number of aromatic nitrogens is 1. The number of carboxylic acid groups (broad SMARTS) is 1. The molecule has 0 bridgehead atoms. The molecular formula is C13H12N2O4S. The molecule has 7 heteroatoms. The molecule has 0 atom stereocenters. The molecule has 0 aliphatic rings. The number of carbonyl (C=O) groups is 2. The van der Waals surface area contributed by atoms with Crippen molar-refractivity contribution in [3.05, 3.63) is 40.9 Å². The lowest BCUT2D eigenvalue weighted by Gasteiger charge is -2.00. The lowest BCUT2D eigenvalue weighted by molar-refractivity contribution is -0.139. The predicted molar refractivity (Wildman–Crippen MR) is 74.5 cm³/mol. The number of hydrogen-bond donors (Lipinski definition) is 2. The number of rotatable bonds is 5. The minimum Gasteiger partial charge on any atom is -0.477 e. The number of esters is 1. The van der Waals surface area contributed by atoms with Gasteiger partial charge in [0.1, 0.15) is 4.88 Å². The predicted octanol–water partition coefficient (Wildman–Crippen LogP) is 2.30. The zero-order valence-electron chi connectivity index (χ0n) is 10.6. The summed E-state index contributed by atoms with van der Waals surface area (Å²) in [5.74, 6) is -1.63. The van der Waals surface area contributed by atoms with Crippen molar-refractivity contribution in [2.24, 2.45) is 0 Å². The third-order valence-corrected chi connectivity index (χ3v) is 3.46. The van der Waals surface area contributed by atoms with Gasteiger partial charge in [-0.1, -0.05) is 29.5 Å². The Morgan fingerprint density at radius 2 is 2.05 bits per heavy atom. The van der Waals surface area contributed by atoms with Crippen molar-refractivity contribution in [3.63, 3.8) is 0 Å². The lowest BCUT2D eigenvalue weighted by atomic mass is 10.3. The van der Waals surface area contributed by atoms with Gasteiger partial charge in [-0.05, 0) is 12.1 Å². The summed E-state index contributed by atoms with van der Waals surface area (Å²) in [7, 11) is 1.25. The molecule has 0 amide bonds. The van der Waals surface area contributed by atoms with Crippen LogP contribution in [0.1, 0.15) is 15.4 Å². The molecule has 0 aliphatic carbocycles. The summed E-state index contributed by atoms with van der Waals surface area (Å²) in [6.07, 6.45) is -0.162. The quantitative estimate of drug-likeness (QED) is 0.822. The zero-order chi connectivity index (χ0) is 14.5. The number of nitrogens with one attached hydrogen (secondary N) is 1. The average molecular weight is 292 g/mol. The number of carboxylic acids is 1. The van der Waals surface area contributed by atoms with Gasteiger partial charge in [-0.15, -0.1) is 0 Å². The van der Waals surface area contributed by atoms with Gasteiger partial charge in [0.15, 0.2) is 5.13 Å². The number of aromatic carboxylic acids is 1. The topological polar surface area (TPSA) is 88.5 Å². The summed E-state index contributed by atoms with van der Waals surface area (Å²) in [6.45, 7) is 0. The van der Waals surface area contributed by atoms with Crippen molar-refractivity contribution in [2.45, 2.75) is 6.42 Å². The summed E-state index contributed by atoms with van der Waals surface area (Å²) in [6, 6.07) is 9.24. The molecular weight excluding hydrogens is 280 g/mol. The maximum atomic E-state index is 11.3. The Bertz CT molecular complexity index is 625. The first-order valence-electron chi connectivity index (χ1n) is 5.72. The monoisotopic (exact) mass is 292 g/mol. The summed E-state index contributed by atoms with van der Waals surface area (Å²) in [5.41, 5.74) is 0.996. The number of anilines is 2. The van der Waals surface area contributed by atoms with Gasteiger partial charge in [-0.2, -0.15) is 0 Å². The van der Waals surface area contributed by atoms with Gasteiger partial charge < -0.3 is 15.2 Å². The zero-order valence-corrected chi connectivity index (χ0v) is 11.4. The van der Waals surface area contributed by atoms with Crippen LogP contribution < -0.4 is 5.32 Å². The molecule has 1 aromatic heterocycles. The van der Waals surface area contributed by atoms with Gasteiger partial charge in [0.25, 0.3) is 0 Å². The number of hydrogen-bond acceptors (Lipinski definition) is 6.